The third-order valence-corrected chi connectivity index (χ3v) is 3.91. The first-order valence-corrected chi connectivity index (χ1v) is 7.24. The Morgan fingerprint density at radius 1 is 1.47 bits per heavy atom. The predicted molar refractivity (Wildman–Crippen MR) is 76.1 cm³/mol. The van der Waals surface area contributed by atoms with E-state index in [1.807, 2.05) is 23.9 Å². The van der Waals surface area contributed by atoms with E-state index in [4.69, 9.17) is 0 Å². The summed E-state index contributed by atoms with van der Waals surface area (Å²) >= 11 is 1.55. The van der Waals surface area contributed by atoms with E-state index in [1.54, 1.807) is 18.1 Å². The van der Waals surface area contributed by atoms with Gasteiger partial charge in [-0.1, -0.05) is 13.0 Å². The molecule has 19 heavy (non-hydrogen) atoms. The number of hydrogen-bond acceptors (Lipinski definition) is 5. The molecule has 6 heteroatoms. The second kappa shape index (κ2) is 6.68. The van der Waals surface area contributed by atoms with Crippen LogP contribution in [-0.4, -0.2) is 26.3 Å². The van der Waals surface area contributed by atoms with Gasteiger partial charge in [-0.3, -0.25) is 0 Å². The second-order valence-corrected chi connectivity index (χ2v) is 5.36. The molecular formula is C13H19N5S. The highest BCUT2D eigenvalue weighted by Gasteiger charge is 2.13. The SMILES string of the molecule is CCCNC(C)c1cccnc1Sc1nncn1C. The molecule has 1 N–H and O–H groups in total. The van der Waals surface area contributed by atoms with Gasteiger partial charge in [0.1, 0.15) is 11.4 Å². The monoisotopic (exact) mass is 277 g/mol. The highest BCUT2D eigenvalue weighted by molar-refractivity contribution is 7.99. The summed E-state index contributed by atoms with van der Waals surface area (Å²) in [4.78, 5) is 4.47. The summed E-state index contributed by atoms with van der Waals surface area (Å²) in [6, 6.07) is 4.36. The number of aryl methyl sites for hydroxylation is 1. The third-order valence-electron chi connectivity index (χ3n) is 2.83. The highest BCUT2D eigenvalue weighted by Crippen LogP contribution is 2.29. The van der Waals surface area contributed by atoms with Crippen molar-refractivity contribution >= 4 is 11.8 Å². The summed E-state index contributed by atoms with van der Waals surface area (Å²) in [6.45, 7) is 5.33. The molecule has 0 radical (unpaired) electrons. The quantitative estimate of drug-likeness (QED) is 0.879. The van der Waals surface area contributed by atoms with Gasteiger partial charge in [0.05, 0.1) is 0 Å². The fourth-order valence-corrected chi connectivity index (χ4v) is 2.67. The van der Waals surface area contributed by atoms with E-state index in [0.717, 1.165) is 23.1 Å². The number of nitrogens with zero attached hydrogens (tertiary/aromatic N) is 4. The molecule has 2 aromatic heterocycles. The highest BCUT2D eigenvalue weighted by atomic mass is 32.2. The first kappa shape index (κ1) is 14.0. The third kappa shape index (κ3) is 3.54. The molecule has 2 rings (SSSR count). The van der Waals surface area contributed by atoms with E-state index < -0.39 is 0 Å². The summed E-state index contributed by atoms with van der Waals surface area (Å²) in [5.74, 6) is 0. The summed E-state index contributed by atoms with van der Waals surface area (Å²) in [5.41, 5.74) is 1.20. The van der Waals surface area contributed by atoms with Crippen molar-refractivity contribution < 1.29 is 0 Å². The maximum absolute atomic E-state index is 4.47. The Labute approximate surface area is 117 Å². The summed E-state index contributed by atoms with van der Waals surface area (Å²) in [5, 5.41) is 13.3. The molecule has 2 heterocycles. The van der Waals surface area contributed by atoms with Gasteiger partial charge in [-0.25, -0.2) is 4.98 Å². The Morgan fingerprint density at radius 2 is 2.32 bits per heavy atom. The molecule has 0 saturated carbocycles. The summed E-state index contributed by atoms with van der Waals surface area (Å²) in [7, 11) is 1.93. The lowest BCUT2D eigenvalue weighted by atomic mass is 10.1. The standard InChI is InChI=1S/C13H19N5S/c1-4-7-14-10(2)11-6-5-8-15-12(11)19-13-17-16-9-18(13)3/h5-6,8-10,14H,4,7H2,1-3H3. The Hall–Kier alpha value is -1.40. The van der Waals surface area contributed by atoms with Crippen molar-refractivity contribution in [3.63, 3.8) is 0 Å². The molecule has 0 aromatic carbocycles. The van der Waals surface area contributed by atoms with Crippen molar-refractivity contribution in [1.29, 1.82) is 0 Å². The Bertz CT molecular complexity index is 525. The van der Waals surface area contributed by atoms with Crippen LogP contribution < -0.4 is 5.32 Å². The maximum Gasteiger partial charge on any atom is 0.197 e. The average molecular weight is 277 g/mol. The number of nitrogens with one attached hydrogen (secondary N) is 1. The molecule has 0 bridgehead atoms. The van der Waals surface area contributed by atoms with Gasteiger partial charge >= 0.3 is 0 Å². The van der Waals surface area contributed by atoms with E-state index in [2.05, 4.69) is 40.4 Å². The minimum Gasteiger partial charge on any atom is -0.311 e. The Balaban J connectivity index is 2.18. The van der Waals surface area contributed by atoms with E-state index in [9.17, 15) is 0 Å². The van der Waals surface area contributed by atoms with Crippen molar-refractivity contribution in [2.24, 2.45) is 7.05 Å². The van der Waals surface area contributed by atoms with Gasteiger partial charge in [0.2, 0.25) is 0 Å². The fraction of sp³-hybridized carbons (Fsp3) is 0.462. The van der Waals surface area contributed by atoms with Gasteiger partial charge in [-0.2, -0.15) is 0 Å². The van der Waals surface area contributed by atoms with Crippen molar-refractivity contribution in [2.45, 2.75) is 36.5 Å². The molecule has 1 atom stereocenters. The first-order valence-electron chi connectivity index (χ1n) is 6.42. The molecule has 0 spiro atoms. The Kier molecular flexibility index (Phi) is 4.93. The molecule has 102 valence electrons. The zero-order chi connectivity index (χ0) is 13.7. The van der Waals surface area contributed by atoms with Gasteiger partial charge in [-0.05, 0) is 37.7 Å². The molecule has 1 unspecified atom stereocenters. The molecule has 2 aromatic rings. The zero-order valence-electron chi connectivity index (χ0n) is 11.5. The van der Waals surface area contributed by atoms with E-state index >= 15 is 0 Å². The fourth-order valence-electron chi connectivity index (χ4n) is 1.74. The van der Waals surface area contributed by atoms with E-state index in [0.29, 0.717) is 0 Å². The van der Waals surface area contributed by atoms with E-state index in [1.165, 1.54) is 5.56 Å². The summed E-state index contributed by atoms with van der Waals surface area (Å²) < 4.78 is 1.90. The van der Waals surface area contributed by atoms with Gasteiger partial charge in [0.25, 0.3) is 0 Å². The van der Waals surface area contributed by atoms with Gasteiger partial charge in [0, 0.05) is 24.8 Å². The molecule has 0 fully saturated rings. The number of pyridine rings is 1. The van der Waals surface area contributed by atoms with Crippen molar-refractivity contribution in [1.82, 2.24) is 25.1 Å². The lowest BCUT2D eigenvalue weighted by Gasteiger charge is -2.16. The molecule has 0 aliphatic rings. The van der Waals surface area contributed by atoms with Crippen LogP contribution in [-0.2, 0) is 7.05 Å². The molecule has 0 aliphatic heterocycles. The molecule has 5 nitrogen and oxygen atoms in total. The molecule has 0 amide bonds. The van der Waals surface area contributed by atoms with Gasteiger partial charge in [-0.15, -0.1) is 10.2 Å². The smallest absolute Gasteiger partial charge is 0.197 e. The van der Waals surface area contributed by atoms with Crippen LogP contribution in [0.4, 0.5) is 0 Å². The molecular weight excluding hydrogens is 258 g/mol. The lowest BCUT2D eigenvalue weighted by molar-refractivity contribution is 0.560. The van der Waals surface area contributed by atoms with Crippen molar-refractivity contribution in [3.8, 4) is 0 Å². The maximum atomic E-state index is 4.47. The van der Waals surface area contributed by atoms with Crippen LogP contribution in [0, 0.1) is 0 Å². The van der Waals surface area contributed by atoms with Crippen LogP contribution in [0.5, 0.6) is 0 Å². The summed E-state index contributed by atoms with van der Waals surface area (Å²) in [6.07, 6.45) is 4.63. The molecule has 0 saturated heterocycles. The van der Waals surface area contributed by atoms with Crippen molar-refractivity contribution in [3.05, 3.63) is 30.2 Å². The van der Waals surface area contributed by atoms with Crippen LogP contribution in [0.25, 0.3) is 0 Å². The Morgan fingerprint density at radius 3 is 3.00 bits per heavy atom. The topological polar surface area (TPSA) is 55.6 Å². The minimum atomic E-state index is 0.282. The predicted octanol–water partition coefficient (Wildman–Crippen LogP) is 2.42. The lowest BCUT2D eigenvalue weighted by Crippen LogP contribution is -2.20. The van der Waals surface area contributed by atoms with Crippen LogP contribution in [0.15, 0.2) is 34.8 Å². The largest absolute Gasteiger partial charge is 0.311 e. The average Bonchev–Trinajstić information content (AvgIpc) is 2.82. The molecule has 0 aliphatic carbocycles. The second-order valence-electron chi connectivity index (χ2n) is 4.40. The van der Waals surface area contributed by atoms with Crippen LogP contribution in [0.3, 0.4) is 0 Å². The van der Waals surface area contributed by atoms with Crippen LogP contribution >= 0.6 is 11.8 Å². The minimum absolute atomic E-state index is 0.282. The number of rotatable bonds is 6. The van der Waals surface area contributed by atoms with E-state index in [-0.39, 0.29) is 6.04 Å². The zero-order valence-corrected chi connectivity index (χ0v) is 12.3. The normalized spacial score (nSPS) is 12.6. The van der Waals surface area contributed by atoms with Gasteiger partial charge in [0.15, 0.2) is 5.16 Å². The van der Waals surface area contributed by atoms with Crippen LogP contribution in [0.1, 0.15) is 31.9 Å². The number of hydrogen-bond donors (Lipinski definition) is 1. The first-order chi connectivity index (χ1) is 9.22. The van der Waals surface area contributed by atoms with Gasteiger partial charge < -0.3 is 9.88 Å². The van der Waals surface area contributed by atoms with Crippen LogP contribution in [0.2, 0.25) is 0 Å². The van der Waals surface area contributed by atoms with Crippen molar-refractivity contribution in [2.75, 3.05) is 6.54 Å². The number of aromatic nitrogens is 4.